The van der Waals surface area contributed by atoms with Crippen molar-refractivity contribution >= 4 is 21.6 Å². The Kier molecular flexibility index (Phi) is 4.65. The molecule has 3 heterocycles. The Morgan fingerprint density at radius 1 is 1.50 bits per heavy atom. The van der Waals surface area contributed by atoms with Crippen molar-refractivity contribution in [3.8, 4) is 0 Å². The quantitative estimate of drug-likeness (QED) is 0.906. The molecule has 3 rings (SSSR count). The first-order valence-corrected chi connectivity index (χ1v) is 8.39. The molecule has 2 aromatic rings. The summed E-state index contributed by atoms with van der Waals surface area (Å²) in [6.07, 6.45) is 7.33. The molecule has 0 bridgehead atoms. The second-order valence-corrected chi connectivity index (χ2v) is 6.47. The van der Waals surface area contributed by atoms with E-state index in [2.05, 4.69) is 34.7 Å². The predicted molar refractivity (Wildman–Crippen MR) is 84.2 cm³/mol. The van der Waals surface area contributed by atoms with Gasteiger partial charge in [-0.2, -0.15) is 0 Å². The van der Waals surface area contributed by atoms with Crippen LogP contribution in [0.25, 0.3) is 10.2 Å². The summed E-state index contributed by atoms with van der Waals surface area (Å²) < 4.78 is 7.03. The van der Waals surface area contributed by atoms with Gasteiger partial charge in [0.2, 0.25) is 0 Å². The summed E-state index contributed by atoms with van der Waals surface area (Å²) in [5.74, 6) is 0. The van der Waals surface area contributed by atoms with E-state index < -0.39 is 0 Å². The minimum absolute atomic E-state index is 0.345. The third-order valence-corrected chi connectivity index (χ3v) is 4.87. The van der Waals surface area contributed by atoms with Gasteiger partial charge in [0.25, 0.3) is 0 Å². The van der Waals surface area contributed by atoms with Crippen molar-refractivity contribution in [1.29, 1.82) is 0 Å². The number of pyridine rings is 1. The fraction of sp³-hybridized carbons (Fsp3) is 0.562. The number of nitrogens with one attached hydrogen (secondary N) is 1. The van der Waals surface area contributed by atoms with Crippen molar-refractivity contribution in [3.63, 3.8) is 0 Å². The lowest BCUT2D eigenvalue weighted by Gasteiger charge is -2.23. The topological polar surface area (TPSA) is 34.1 Å². The van der Waals surface area contributed by atoms with Crippen molar-refractivity contribution in [2.24, 2.45) is 0 Å². The van der Waals surface area contributed by atoms with Crippen molar-refractivity contribution in [1.82, 2.24) is 10.3 Å². The largest absolute Gasteiger partial charge is 0.378 e. The molecule has 0 spiro atoms. The van der Waals surface area contributed by atoms with E-state index in [0.717, 1.165) is 25.1 Å². The van der Waals surface area contributed by atoms with Crippen LogP contribution in [0.1, 0.15) is 44.2 Å². The van der Waals surface area contributed by atoms with Crippen LogP contribution in [0.5, 0.6) is 0 Å². The zero-order valence-electron chi connectivity index (χ0n) is 12.0. The number of hydrogen-bond acceptors (Lipinski definition) is 4. The first-order valence-electron chi connectivity index (χ1n) is 7.51. The highest BCUT2D eigenvalue weighted by Gasteiger charge is 2.14. The lowest BCUT2D eigenvalue weighted by molar-refractivity contribution is 0.0112. The average molecular weight is 290 g/mol. The van der Waals surface area contributed by atoms with E-state index in [9.17, 15) is 0 Å². The summed E-state index contributed by atoms with van der Waals surface area (Å²) in [7, 11) is 0. The molecule has 108 valence electrons. The zero-order valence-corrected chi connectivity index (χ0v) is 12.8. The van der Waals surface area contributed by atoms with Crippen molar-refractivity contribution in [2.75, 3.05) is 13.2 Å². The fourth-order valence-corrected chi connectivity index (χ4v) is 3.50. The highest BCUT2D eigenvalue weighted by Crippen LogP contribution is 2.22. The maximum absolute atomic E-state index is 5.76. The molecule has 0 aliphatic carbocycles. The molecule has 0 aromatic carbocycles. The smallest absolute Gasteiger partial charge is 0.0809 e. The van der Waals surface area contributed by atoms with Crippen molar-refractivity contribution in [2.45, 2.75) is 44.8 Å². The third-order valence-electron chi connectivity index (χ3n) is 4.01. The van der Waals surface area contributed by atoms with Gasteiger partial charge in [-0.15, -0.1) is 11.3 Å². The SMILES string of the molecule is CC(NCCC1CCCCO1)c1cnc2ccsc2c1. The number of nitrogens with zero attached hydrogens (tertiary/aromatic N) is 1. The summed E-state index contributed by atoms with van der Waals surface area (Å²) in [6.45, 7) is 4.16. The maximum Gasteiger partial charge on any atom is 0.0809 e. The molecule has 1 saturated heterocycles. The Labute approximate surface area is 124 Å². The van der Waals surface area contributed by atoms with Crippen LogP contribution in [0.4, 0.5) is 0 Å². The molecule has 20 heavy (non-hydrogen) atoms. The maximum atomic E-state index is 5.76. The molecule has 2 atom stereocenters. The summed E-state index contributed by atoms with van der Waals surface area (Å²) >= 11 is 1.76. The number of rotatable bonds is 5. The van der Waals surface area contributed by atoms with Crippen LogP contribution in [0, 0.1) is 0 Å². The van der Waals surface area contributed by atoms with Gasteiger partial charge in [-0.25, -0.2) is 0 Å². The van der Waals surface area contributed by atoms with Gasteiger partial charge >= 0.3 is 0 Å². The second-order valence-electron chi connectivity index (χ2n) is 5.53. The molecule has 2 aromatic heterocycles. The Hall–Kier alpha value is -0.970. The van der Waals surface area contributed by atoms with E-state index in [0.29, 0.717) is 12.1 Å². The molecule has 1 aliphatic rings. The van der Waals surface area contributed by atoms with E-state index in [1.54, 1.807) is 11.3 Å². The molecular formula is C16H22N2OS. The van der Waals surface area contributed by atoms with Crippen LogP contribution in [-0.2, 0) is 4.74 Å². The number of hydrogen-bond donors (Lipinski definition) is 1. The second kappa shape index (κ2) is 6.66. The Bertz CT molecular complexity index is 548. The fourth-order valence-electron chi connectivity index (χ4n) is 2.71. The van der Waals surface area contributed by atoms with Crippen LogP contribution < -0.4 is 5.32 Å². The highest BCUT2D eigenvalue weighted by atomic mass is 32.1. The molecule has 0 amide bonds. The van der Waals surface area contributed by atoms with E-state index in [-0.39, 0.29) is 0 Å². The molecule has 3 nitrogen and oxygen atoms in total. The molecule has 1 N–H and O–H groups in total. The van der Waals surface area contributed by atoms with Gasteiger partial charge in [-0.05, 0) is 62.2 Å². The van der Waals surface area contributed by atoms with E-state index in [1.807, 2.05) is 6.20 Å². The summed E-state index contributed by atoms with van der Waals surface area (Å²) in [6, 6.07) is 4.67. The lowest BCUT2D eigenvalue weighted by Crippen LogP contribution is -2.27. The van der Waals surface area contributed by atoms with Crippen LogP contribution in [0.15, 0.2) is 23.7 Å². The van der Waals surface area contributed by atoms with Crippen LogP contribution in [-0.4, -0.2) is 24.2 Å². The van der Waals surface area contributed by atoms with Crippen molar-refractivity contribution < 1.29 is 4.74 Å². The number of fused-ring (bicyclic) bond motifs is 1. The Balaban J connectivity index is 1.51. The van der Waals surface area contributed by atoms with Crippen LogP contribution in [0.3, 0.4) is 0 Å². The van der Waals surface area contributed by atoms with E-state index in [4.69, 9.17) is 4.74 Å². The van der Waals surface area contributed by atoms with Gasteiger partial charge < -0.3 is 10.1 Å². The van der Waals surface area contributed by atoms with Gasteiger partial charge in [-0.3, -0.25) is 4.98 Å². The standard InChI is InChI=1S/C16H22N2OS/c1-12(17-7-5-14-4-2-3-8-19-14)13-10-16-15(18-11-13)6-9-20-16/h6,9-12,14,17H,2-5,7-8H2,1H3. The Morgan fingerprint density at radius 2 is 2.45 bits per heavy atom. The molecule has 0 radical (unpaired) electrons. The number of thiophene rings is 1. The number of aromatic nitrogens is 1. The molecule has 4 heteroatoms. The first-order chi connectivity index (χ1) is 9.83. The summed E-state index contributed by atoms with van der Waals surface area (Å²) in [5.41, 5.74) is 2.37. The van der Waals surface area contributed by atoms with Crippen LogP contribution in [0.2, 0.25) is 0 Å². The third kappa shape index (κ3) is 3.37. The normalized spacial score (nSPS) is 21.1. The lowest BCUT2D eigenvalue weighted by atomic mass is 10.1. The van der Waals surface area contributed by atoms with Gasteiger partial charge in [0.15, 0.2) is 0 Å². The monoisotopic (exact) mass is 290 g/mol. The first kappa shape index (κ1) is 14.0. The molecule has 2 unspecified atom stereocenters. The van der Waals surface area contributed by atoms with Crippen molar-refractivity contribution in [3.05, 3.63) is 29.3 Å². The molecule has 0 saturated carbocycles. The van der Waals surface area contributed by atoms with Gasteiger partial charge in [-0.1, -0.05) is 0 Å². The molecule has 1 fully saturated rings. The molecule has 1 aliphatic heterocycles. The zero-order chi connectivity index (χ0) is 13.8. The van der Waals surface area contributed by atoms with Gasteiger partial charge in [0.05, 0.1) is 16.3 Å². The minimum atomic E-state index is 0.345. The van der Waals surface area contributed by atoms with Gasteiger partial charge in [0, 0.05) is 18.8 Å². The molecular weight excluding hydrogens is 268 g/mol. The highest BCUT2D eigenvalue weighted by molar-refractivity contribution is 7.17. The predicted octanol–water partition coefficient (Wildman–Crippen LogP) is 3.91. The van der Waals surface area contributed by atoms with E-state index in [1.165, 1.54) is 29.5 Å². The number of ether oxygens (including phenoxy) is 1. The summed E-state index contributed by atoms with van der Waals surface area (Å²) in [4.78, 5) is 4.51. The van der Waals surface area contributed by atoms with Gasteiger partial charge in [0.1, 0.15) is 0 Å². The average Bonchev–Trinajstić information content (AvgIpc) is 2.95. The summed E-state index contributed by atoms with van der Waals surface area (Å²) in [5, 5.41) is 5.68. The van der Waals surface area contributed by atoms with Crippen LogP contribution >= 0.6 is 11.3 Å². The minimum Gasteiger partial charge on any atom is -0.378 e. The van der Waals surface area contributed by atoms with E-state index >= 15 is 0 Å². The Morgan fingerprint density at radius 3 is 3.30 bits per heavy atom.